The molecule has 0 unspecified atom stereocenters. The van der Waals surface area contributed by atoms with Crippen molar-refractivity contribution in [2.45, 2.75) is 25.8 Å². The van der Waals surface area contributed by atoms with Crippen LogP contribution in [0.1, 0.15) is 24.1 Å². The third-order valence-corrected chi connectivity index (χ3v) is 5.97. The van der Waals surface area contributed by atoms with Gasteiger partial charge in [0.15, 0.2) is 0 Å². The summed E-state index contributed by atoms with van der Waals surface area (Å²) in [6.45, 7) is 3.37. The first-order valence-electron chi connectivity index (χ1n) is 9.13. The van der Waals surface area contributed by atoms with E-state index in [1.54, 1.807) is 11.3 Å². The molecular formula is C22H24N2S. The van der Waals surface area contributed by atoms with Gasteiger partial charge in [-0.1, -0.05) is 60.7 Å². The number of likely N-dealkylation sites (tertiary alicyclic amines) is 1. The molecule has 2 heterocycles. The largest absolute Gasteiger partial charge is 0.297 e. The molecule has 0 amide bonds. The van der Waals surface area contributed by atoms with Crippen molar-refractivity contribution in [3.8, 4) is 10.6 Å². The van der Waals surface area contributed by atoms with Crippen LogP contribution in [-0.4, -0.2) is 23.0 Å². The molecule has 0 spiro atoms. The van der Waals surface area contributed by atoms with Crippen molar-refractivity contribution in [3.63, 3.8) is 0 Å². The van der Waals surface area contributed by atoms with Crippen LogP contribution in [0, 0.1) is 5.92 Å². The summed E-state index contributed by atoms with van der Waals surface area (Å²) in [7, 11) is 0. The summed E-state index contributed by atoms with van der Waals surface area (Å²) in [6.07, 6.45) is 3.82. The van der Waals surface area contributed by atoms with E-state index in [1.165, 1.54) is 49.2 Å². The normalized spacial score (nSPS) is 16.2. The van der Waals surface area contributed by atoms with E-state index in [1.807, 2.05) is 0 Å². The molecule has 2 nitrogen and oxygen atoms in total. The van der Waals surface area contributed by atoms with E-state index in [4.69, 9.17) is 4.98 Å². The Morgan fingerprint density at radius 3 is 2.32 bits per heavy atom. The zero-order valence-corrected chi connectivity index (χ0v) is 15.3. The van der Waals surface area contributed by atoms with Gasteiger partial charge in [-0.3, -0.25) is 4.90 Å². The Kier molecular flexibility index (Phi) is 5.24. The van der Waals surface area contributed by atoms with E-state index >= 15 is 0 Å². The first-order valence-corrected chi connectivity index (χ1v) is 10.0. The average Bonchev–Trinajstić information content (AvgIpc) is 3.14. The molecule has 4 rings (SSSR count). The van der Waals surface area contributed by atoms with Gasteiger partial charge in [-0.15, -0.1) is 11.3 Å². The Labute approximate surface area is 154 Å². The van der Waals surface area contributed by atoms with E-state index in [2.05, 4.69) is 70.9 Å². The number of benzene rings is 2. The minimum Gasteiger partial charge on any atom is -0.297 e. The maximum absolute atomic E-state index is 4.84. The molecule has 3 aromatic rings. The van der Waals surface area contributed by atoms with Crippen LogP contribution in [0.25, 0.3) is 10.6 Å². The standard InChI is InChI=1S/C22H24N2S/c1-3-7-18(8-4-1)15-19-11-13-24(14-12-19)16-21-17-25-22(23-21)20-9-5-2-6-10-20/h1-10,17,19H,11-16H2. The molecule has 128 valence electrons. The van der Waals surface area contributed by atoms with E-state index in [0.717, 1.165) is 17.5 Å². The quantitative estimate of drug-likeness (QED) is 0.625. The molecule has 3 heteroatoms. The van der Waals surface area contributed by atoms with Gasteiger partial charge in [0, 0.05) is 17.5 Å². The van der Waals surface area contributed by atoms with Crippen LogP contribution in [0.15, 0.2) is 66.0 Å². The van der Waals surface area contributed by atoms with Gasteiger partial charge in [0.1, 0.15) is 5.01 Å². The zero-order chi connectivity index (χ0) is 16.9. The fourth-order valence-electron chi connectivity index (χ4n) is 3.62. The highest BCUT2D eigenvalue weighted by molar-refractivity contribution is 7.13. The van der Waals surface area contributed by atoms with Crippen molar-refractivity contribution in [2.75, 3.05) is 13.1 Å². The van der Waals surface area contributed by atoms with Crippen LogP contribution in [-0.2, 0) is 13.0 Å². The van der Waals surface area contributed by atoms with Gasteiger partial charge < -0.3 is 0 Å². The van der Waals surface area contributed by atoms with Crippen LogP contribution < -0.4 is 0 Å². The summed E-state index contributed by atoms with van der Waals surface area (Å²) >= 11 is 1.76. The van der Waals surface area contributed by atoms with Crippen molar-refractivity contribution in [1.29, 1.82) is 0 Å². The highest BCUT2D eigenvalue weighted by Gasteiger charge is 2.20. The molecule has 25 heavy (non-hydrogen) atoms. The summed E-state index contributed by atoms with van der Waals surface area (Å²) in [4.78, 5) is 7.40. The fourth-order valence-corrected chi connectivity index (χ4v) is 4.44. The van der Waals surface area contributed by atoms with Gasteiger partial charge in [-0.05, 0) is 43.8 Å². The molecule has 2 aromatic carbocycles. The Morgan fingerprint density at radius 1 is 0.920 bits per heavy atom. The predicted octanol–water partition coefficient (Wildman–Crippen LogP) is 5.26. The second kappa shape index (κ2) is 7.94. The zero-order valence-electron chi connectivity index (χ0n) is 14.5. The van der Waals surface area contributed by atoms with Crippen LogP contribution in [0.4, 0.5) is 0 Å². The van der Waals surface area contributed by atoms with Crippen molar-refractivity contribution in [2.24, 2.45) is 5.92 Å². The van der Waals surface area contributed by atoms with Crippen molar-refractivity contribution in [3.05, 3.63) is 77.3 Å². The summed E-state index contributed by atoms with van der Waals surface area (Å²) in [5, 5.41) is 3.35. The number of thiazole rings is 1. The highest BCUT2D eigenvalue weighted by Crippen LogP contribution is 2.26. The molecule has 1 saturated heterocycles. The number of nitrogens with zero attached hydrogens (tertiary/aromatic N) is 2. The highest BCUT2D eigenvalue weighted by atomic mass is 32.1. The molecule has 0 bridgehead atoms. The third-order valence-electron chi connectivity index (χ3n) is 5.03. The second-order valence-corrected chi connectivity index (χ2v) is 7.78. The van der Waals surface area contributed by atoms with Crippen LogP contribution in [0.2, 0.25) is 0 Å². The molecular weight excluding hydrogens is 324 g/mol. The predicted molar refractivity (Wildman–Crippen MR) is 106 cm³/mol. The number of aromatic nitrogens is 1. The van der Waals surface area contributed by atoms with Crippen molar-refractivity contribution < 1.29 is 0 Å². The Balaban J connectivity index is 1.30. The summed E-state index contributed by atoms with van der Waals surface area (Å²) in [5.41, 5.74) is 3.92. The van der Waals surface area contributed by atoms with E-state index in [0.29, 0.717) is 0 Å². The van der Waals surface area contributed by atoms with Crippen molar-refractivity contribution in [1.82, 2.24) is 9.88 Å². The molecule has 1 fully saturated rings. The van der Waals surface area contributed by atoms with Gasteiger partial charge in [0.2, 0.25) is 0 Å². The van der Waals surface area contributed by atoms with E-state index in [9.17, 15) is 0 Å². The van der Waals surface area contributed by atoms with Gasteiger partial charge >= 0.3 is 0 Å². The molecule has 1 aliphatic heterocycles. The average molecular weight is 349 g/mol. The molecule has 0 radical (unpaired) electrons. The number of rotatable bonds is 5. The minimum absolute atomic E-state index is 0.828. The van der Waals surface area contributed by atoms with Gasteiger partial charge in [0.05, 0.1) is 5.69 Å². The lowest BCUT2D eigenvalue weighted by atomic mass is 9.90. The molecule has 1 aliphatic rings. The van der Waals surface area contributed by atoms with Crippen LogP contribution >= 0.6 is 11.3 Å². The SMILES string of the molecule is c1ccc(CC2CCN(Cc3csc(-c4ccccc4)n3)CC2)cc1. The van der Waals surface area contributed by atoms with Gasteiger partial charge in [0.25, 0.3) is 0 Å². The molecule has 0 aliphatic carbocycles. The summed E-state index contributed by atoms with van der Waals surface area (Å²) in [6, 6.07) is 21.4. The smallest absolute Gasteiger partial charge is 0.123 e. The van der Waals surface area contributed by atoms with Gasteiger partial charge in [-0.25, -0.2) is 4.98 Å². The number of hydrogen-bond donors (Lipinski definition) is 0. The lowest BCUT2D eigenvalue weighted by Crippen LogP contribution is -2.33. The Bertz CT molecular complexity index is 774. The maximum atomic E-state index is 4.84. The van der Waals surface area contributed by atoms with E-state index in [-0.39, 0.29) is 0 Å². The van der Waals surface area contributed by atoms with Gasteiger partial charge in [-0.2, -0.15) is 0 Å². The molecule has 0 N–H and O–H groups in total. The third kappa shape index (κ3) is 4.36. The topological polar surface area (TPSA) is 16.1 Å². The molecule has 0 atom stereocenters. The lowest BCUT2D eigenvalue weighted by molar-refractivity contribution is 0.175. The Hall–Kier alpha value is -1.97. The number of piperidine rings is 1. The van der Waals surface area contributed by atoms with Crippen molar-refractivity contribution >= 4 is 11.3 Å². The lowest BCUT2D eigenvalue weighted by Gasteiger charge is -2.31. The van der Waals surface area contributed by atoms with E-state index < -0.39 is 0 Å². The summed E-state index contributed by atoms with van der Waals surface area (Å²) in [5.74, 6) is 0.828. The second-order valence-electron chi connectivity index (χ2n) is 6.92. The van der Waals surface area contributed by atoms with Crippen LogP contribution in [0.5, 0.6) is 0 Å². The minimum atomic E-state index is 0.828. The first-order chi connectivity index (χ1) is 12.4. The molecule has 1 aromatic heterocycles. The Morgan fingerprint density at radius 2 is 1.60 bits per heavy atom. The maximum Gasteiger partial charge on any atom is 0.123 e. The van der Waals surface area contributed by atoms with Crippen LogP contribution in [0.3, 0.4) is 0 Å². The number of hydrogen-bond acceptors (Lipinski definition) is 3. The summed E-state index contributed by atoms with van der Waals surface area (Å²) < 4.78 is 0. The molecule has 0 saturated carbocycles. The first kappa shape index (κ1) is 16.5. The monoisotopic (exact) mass is 348 g/mol. The fraction of sp³-hybridized carbons (Fsp3) is 0.318.